The van der Waals surface area contributed by atoms with Crippen molar-refractivity contribution in [2.45, 2.75) is 38.8 Å². The monoisotopic (exact) mass is 387 g/mol. The summed E-state index contributed by atoms with van der Waals surface area (Å²) in [7, 11) is 0. The summed E-state index contributed by atoms with van der Waals surface area (Å²) in [5.74, 6) is -0.161. The van der Waals surface area contributed by atoms with Gasteiger partial charge >= 0.3 is 5.97 Å². The number of likely N-dealkylation sites (tertiary alicyclic amines) is 1. The van der Waals surface area contributed by atoms with Gasteiger partial charge in [-0.25, -0.2) is 4.98 Å². The van der Waals surface area contributed by atoms with Crippen molar-refractivity contribution in [1.29, 1.82) is 0 Å². The third-order valence-corrected chi connectivity index (χ3v) is 6.13. The highest BCUT2D eigenvalue weighted by Gasteiger charge is 2.50. The van der Waals surface area contributed by atoms with Gasteiger partial charge in [-0.1, -0.05) is 17.7 Å². The van der Waals surface area contributed by atoms with E-state index in [0.717, 1.165) is 5.56 Å². The van der Waals surface area contributed by atoms with Crippen molar-refractivity contribution in [3.63, 3.8) is 0 Å². The van der Waals surface area contributed by atoms with E-state index in [-0.39, 0.29) is 18.0 Å². The van der Waals surface area contributed by atoms with Gasteiger partial charge < -0.3 is 14.2 Å². The van der Waals surface area contributed by atoms with Crippen LogP contribution in [0.2, 0.25) is 5.02 Å². The van der Waals surface area contributed by atoms with E-state index in [1.54, 1.807) is 24.7 Å². The number of aryl methyl sites for hydroxylation is 1. The molecule has 2 fully saturated rings. The van der Waals surface area contributed by atoms with Crippen LogP contribution in [0.5, 0.6) is 0 Å². The number of imidazole rings is 1. The van der Waals surface area contributed by atoms with Gasteiger partial charge in [0, 0.05) is 42.5 Å². The molecular formula is C20H22ClN3O3. The van der Waals surface area contributed by atoms with Gasteiger partial charge in [0.2, 0.25) is 0 Å². The fourth-order valence-electron chi connectivity index (χ4n) is 4.02. The molecule has 1 unspecified atom stereocenters. The molecule has 1 atom stereocenters. The van der Waals surface area contributed by atoms with Gasteiger partial charge in [-0.15, -0.1) is 0 Å². The van der Waals surface area contributed by atoms with Crippen molar-refractivity contribution < 1.29 is 14.3 Å². The number of hydrogen-bond acceptors (Lipinski definition) is 4. The Balaban J connectivity index is 1.40. The topological polar surface area (TPSA) is 64.4 Å². The number of esters is 1. The molecule has 2 saturated heterocycles. The number of piperidine rings is 1. The standard InChI is InChI=1S/C20H22ClN3O3/c1-14-2-3-15(10-17(14)21)18(25)24-7-4-20(5-8-24)11-16(27-19(20)26)12-23-9-6-22-13-23/h2-3,6,9-10,13,16H,4-5,7-8,11-12H2,1H3. The van der Waals surface area contributed by atoms with Gasteiger partial charge in [-0.05, 0) is 37.5 Å². The molecule has 2 aliphatic rings. The van der Waals surface area contributed by atoms with Crippen LogP contribution >= 0.6 is 11.6 Å². The second kappa shape index (κ2) is 7.00. The van der Waals surface area contributed by atoms with Crippen molar-refractivity contribution >= 4 is 23.5 Å². The number of aromatic nitrogens is 2. The quantitative estimate of drug-likeness (QED) is 0.759. The molecule has 1 aromatic heterocycles. The lowest BCUT2D eigenvalue weighted by Crippen LogP contribution is -2.45. The molecule has 0 N–H and O–H groups in total. The molecule has 1 amide bonds. The lowest BCUT2D eigenvalue weighted by molar-refractivity contribution is -0.150. The number of hydrogen-bond donors (Lipinski definition) is 0. The van der Waals surface area contributed by atoms with Crippen LogP contribution in [0.15, 0.2) is 36.9 Å². The summed E-state index contributed by atoms with van der Waals surface area (Å²) < 4.78 is 7.56. The maximum Gasteiger partial charge on any atom is 0.312 e. The van der Waals surface area contributed by atoms with E-state index in [1.807, 2.05) is 28.7 Å². The minimum absolute atomic E-state index is 0.0342. The second-order valence-electron chi connectivity index (χ2n) is 7.53. The molecule has 1 spiro atoms. The molecule has 2 aromatic rings. The van der Waals surface area contributed by atoms with Gasteiger partial charge in [-0.3, -0.25) is 9.59 Å². The molecule has 0 aliphatic carbocycles. The van der Waals surface area contributed by atoms with E-state index in [9.17, 15) is 9.59 Å². The first-order chi connectivity index (χ1) is 13.0. The number of cyclic esters (lactones) is 1. The minimum atomic E-state index is -0.465. The normalized spacial score (nSPS) is 21.5. The highest BCUT2D eigenvalue weighted by molar-refractivity contribution is 6.31. The highest BCUT2D eigenvalue weighted by atomic mass is 35.5. The molecule has 2 aliphatic heterocycles. The van der Waals surface area contributed by atoms with Crippen LogP contribution in [0.4, 0.5) is 0 Å². The summed E-state index contributed by atoms with van der Waals surface area (Å²) in [5, 5.41) is 0.594. The van der Waals surface area contributed by atoms with E-state index in [2.05, 4.69) is 4.98 Å². The average Bonchev–Trinajstić information content (AvgIpc) is 3.26. The van der Waals surface area contributed by atoms with Crippen molar-refractivity contribution in [2.24, 2.45) is 5.41 Å². The Labute approximate surface area is 163 Å². The van der Waals surface area contributed by atoms with Crippen LogP contribution in [0.1, 0.15) is 35.2 Å². The predicted molar refractivity (Wildman–Crippen MR) is 100 cm³/mol. The Bertz CT molecular complexity index is 857. The summed E-state index contributed by atoms with van der Waals surface area (Å²) >= 11 is 6.15. The van der Waals surface area contributed by atoms with Gasteiger partial charge in [0.1, 0.15) is 6.10 Å². The second-order valence-corrected chi connectivity index (χ2v) is 7.93. The molecule has 1 aromatic carbocycles. The number of rotatable bonds is 3. The smallest absolute Gasteiger partial charge is 0.312 e. The summed E-state index contributed by atoms with van der Waals surface area (Å²) in [6, 6.07) is 5.38. The summed E-state index contributed by atoms with van der Waals surface area (Å²) in [5.41, 5.74) is 1.07. The third-order valence-electron chi connectivity index (χ3n) is 5.73. The molecule has 0 radical (unpaired) electrons. The number of nitrogens with zero attached hydrogens (tertiary/aromatic N) is 3. The maximum absolute atomic E-state index is 12.8. The molecule has 6 nitrogen and oxygen atoms in total. The summed E-state index contributed by atoms with van der Waals surface area (Å²) in [6.45, 7) is 3.64. The lowest BCUT2D eigenvalue weighted by atomic mass is 9.76. The SMILES string of the molecule is Cc1ccc(C(=O)N2CCC3(CC2)CC(Cn2ccnc2)OC3=O)cc1Cl. The van der Waals surface area contributed by atoms with Crippen LogP contribution in [0.25, 0.3) is 0 Å². The number of carbonyl (C=O) groups is 2. The van der Waals surface area contributed by atoms with Gasteiger partial charge in [0.15, 0.2) is 0 Å². The number of benzene rings is 1. The fourth-order valence-corrected chi connectivity index (χ4v) is 4.20. The third kappa shape index (κ3) is 3.46. The van der Waals surface area contributed by atoms with Crippen LogP contribution in [-0.2, 0) is 16.1 Å². The Morgan fingerprint density at radius 1 is 1.37 bits per heavy atom. The largest absolute Gasteiger partial charge is 0.460 e. The number of amides is 1. The van der Waals surface area contributed by atoms with Crippen molar-refractivity contribution in [3.05, 3.63) is 53.1 Å². The van der Waals surface area contributed by atoms with Crippen LogP contribution in [0.3, 0.4) is 0 Å². The van der Waals surface area contributed by atoms with E-state index >= 15 is 0 Å². The molecule has 7 heteroatoms. The number of halogens is 1. The first kappa shape index (κ1) is 18.0. The zero-order valence-electron chi connectivity index (χ0n) is 15.2. The average molecular weight is 388 g/mol. The van der Waals surface area contributed by atoms with Crippen LogP contribution in [-0.4, -0.2) is 45.5 Å². The van der Waals surface area contributed by atoms with E-state index in [4.69, 9.17) is 16.3 Å². The number of ether oxygens (including phenoxy) is 1. The van der Waals surface area contributed by atoms with E-state index in [0.29, 0.717) is 49.5 Å². The Kier molecular flexibility index (Phi) is 4.68. The highest BCUT2D eigenvalue weighted by Crippen LogP contribution is 2.43. The van der Waals surface area contributed by atoms with Crippen molar-refractivity contribution in [3.8, 4) is 0 Å². The molecular weight excluding hydrogens is 366 g/mol. The lowest BCUT2D eigenvalue weighted by Gasteiger charge is -2.36. The van der Waals surface area contributed by atoms with Crippen LogP contribution < -0.4 is 0 Å². The van der Waals surface area contributed by atoms with Crippen LogP contribution in [0, 0.1) is 12.3 Å². The first-order valence-corrected chi connectivity index (χ1v) is 9.57. The van der Waals surface area contributed by atoms with Crippen molar-refractivity contribution in [2.75, 3.05) is 13.1 Å². The fraction of sp³-hybridized carbons (Fsp3) is 0.450. The molecule has 0 bridgehead atoms. The zero-order valence-corrected chi connectivity index (χ0v) is 16.0. The Morgan fingerprint density at radius 3 is 2.81 bits per heavy atom. The summed E-state index contributed by atoms with van der Waals surface area (Å²) in [4.78, 5) is 31.1. The summed E-state index contributed by atoms with van der Waals surface area (Å²) in [6.07, 6.45) is 7.15. The van der Waals surface area contributed by atoms with E-state index < -0.39 is 5.41 Å². The van der Waals surface area contributed by atoms with Gasteiger partial charge in [0.25, 0.3) is 5.91 Å². The Hall–Kier alpha value is -2.34. The van der Waals surface area contributed by atoms with Gasteiger partial charge in [-0.2, -0.15) is 0 Å². The number of carbonyl (C=O) groups excluding carboxylic acids is 2. The molecule has 4 rings (SSSR count). The molecule has 0 saturated carbocycles. The molecule has 3 heterocycles. The first-order valence-electron chi connectivity index (χ1n) is 9.19. The zero-order chi connectivity index (χ0) is 19.0. The molecule has 142 valence electrons. The minimum Gasteiger partial charge on any atom is -0.460 e. The van der Waals surface area contributed by atoms with E-state index in [1.165, 1.54) is 0 Å². The van der Waals surface area contributed by atoms with Gasteiger partial charge in [0.05, 0.1) is 18.3 Å². The molecule has 27 heavy (non-hydrogen) atoms. The van der Waals surface area contributed by atoms with Crippen molar-refractivity contribution in [1.82, 2.24) is 14.5 Å². The Morgan fingerprint density at radius 2 is 2.15 bits per heavy atom. The predicted octanol–water partition coefficient (Wildman–Crippen LogP) is 3.08. The maximum atomic E-state index is 12.8.